The van der Waals surface area contributed by atoms with Crippen LogP contribution in [0.25, 0.3) is 5.69 Å². The fraction of sp³-hybridized carbons (Fsp3) is 0.167. The average molecular weight is 244 g/mol. The van der Waals surface area contributed by atoms with Crippen molar-refractivity contribution in [2.45, 2.75) is 6.92 Å². The Morgan fingerprint density at radius 2 is 2.39 bits per heavy atom. The SMILES string of the molecule is C=CCOc1cc(N=O)ccc1-n1ncnc1C. The van der Waals surface area contributed by atoms with E-state index in [1.807, 2.05) is 6.92 Å². The topological polar surface area (TPSA) is 69.4 Å². The van der Waals surface area contributed by atoms with Crippen LogP contribution in [-0.2, 0) is 0 Å². The van der Waals surface area contributed by atoms with E-state index in [9.17, 15) is 4.91 Å². The van der Waals surface area contributed by atoms with E-state index >= 15 is 0 Å². The van der Waals surface area contributed by atoms with Crippen molar-refractivity contribution in [2.75, 3.05) is 6.61 Å². The monoisotopic (exact) mass is 244 g/mol. The Balaban J connectivity index is 2.48. The van der Waals surface area contributed by atoms with Crippen LogP contribution in [0, 0.1) is 11.8 Å². The summed E-state index contributed by atoms with van der Waals surface area (Å²) in [4.78, 5) is 14.6. The number of aromatic nitrogens is 3. The summed E-state index contributed by atoms with van der Waals surface area (Å²) < 4.78 is 7.13. The van der Waals surface area contributed by atoms with Crippen LogP contribution in [0.4, 0.5) is 5.69 Å². The Kier molecular flexibility index (Phi) is 3.47. The van der Waals surface area contributed by atoms with Gasteiger partial charge >= 0.3 is 0 Å². The van der Waals surface area contributed by atoms with Gasteiger partial charge in [0.05, 0.1) is 0 Å². The van der Waals surface area contributed by atoms with E-state index in [1.165, 1.54) is 6.33 Å². The third kappa shape index (κ3) is 2.27. The van der Waals surface area contributed by atoms with Crippen LogP contribution in [0.5, 0.6) is 5.75 Å². The molecule has 18 heavy (non-hydrogen) atoms. The van der Waals surface area contributed by atoms with Crippen molar-refractivity contribution in [3.8, 4) is 11.4 Å². The van der Waals surface area contributed by atoms with Crippen LogP contribution < -0.4 is 4.74 Å². The second-order valence-corrected chi connectivity index (χ2v) is 3.56. The molecule has 0 fully saturated rings. The maximum absolute atomic E-state index is 10.5. The van der Waals surface area contributed by atoms with Crippen molar-refractivity contribution in [1.29, 1.82) is 0 Å². The predicted molar refractivity (Wildman–Crippen MR) is 67.2 cm³/mol. The van der Waals surface area contributed by atoms with Crippen molar-refractivity contribution in [1.82, 2.24) is 14.8 Å². The number of hydrogen-bond donors (Lipinski definition) is 0. The van der Waals surface area contributed by atoms with Crippen LogP contribution in [0.2, 0.25) is 0 Å². The average Bonchev–Trinajstić information content (AvgIpc) is 2.82. The van der Waals surface area contributed by atoms with Gasteiger partial charge in [0.1, 0.15) is 35.9 Å². The van der Waals surface area contributed by atoms with Gasteiger partial charge in [0.2, 0.25) is 0 Å². The van der Waals surface area contributed by atoms with E-state index in [0.717, 1.165) is 5.82 Å². The third-order valence-electron chi connectivity index (χ3n) is 2.35. The van der Waals surface area contributed by atoms with Crippen LogP contribution >= 0.6 is 0 Å². The highest BCUT2D eigenvalue weighted by Crippen LogP contribution is 2.28. The standard InChI is InChI=1S/C12H12N4O2/c1-3-6-18-12-7-10(15-17)4-5-11(12)16-9(2)13-8-14-16/h3-5,7-8H,1,6H2,2H3. The van der Waals surface area contributed by atoms with Gasteiger partial charge in [0.25, 0.3) is 0 Å². The summed E-state index contributed by atoms with van der Waals surface area (Å²) in [5.41, 5.74) is 1.01. The van der Waals surface area contributed by atoms with Gasteiger partial charge in [-0.15, -0.1) is 4.91 Å². The van der Waals surface area contributed by atoms with Crippen LogP contribution in [0.15, 0.2) is 42.4 Å². The van der Waals surface area contributed by atoms with E-state index in [4.69, 9.17) is 4.74 Å². The summed E-state index contributed by atoms with van der Waals surface area (Å²) in [7, 11) is 0. The largest absolute Gasteiger partial charge is 0.487 e. The van der Waals surface area contributed by atoms with Gasteiger partial charge in [0.15, 0.2) is 0 Å². The van der Waals surface area contributed by atoms with Gasteiger partial charge in [-0.2, -0.15) is 5.10 Å². The molecule has 2 aromatic rings. The number of nitroso groups, excluding NO2 is 1. The normalized spacial score (nSPS) is 10.1. The Morgan fingerprint density at radius 1 is 1.56 bits per heavy atom. The number of aryl methyl sites for hydroxylation is 1. The molecule has 1 heterocycles. The molecular formula is C12H12N4O2. The van der Waals surface area contributed by atoms with Crippen LogP contribution in [0.3, 0.4) is 0 Å². The van der Waals surface area contributed by atoms with Crippen molar-refractivity contribution in [2.24, 2.45) is 5.18 Å². The third-order valence-corrected chi connectivity index (χ3v) is 2.35. The Bertz CT molecular complexity index is 577. The number of rotatable bonds is 5. The van der Waals surface area contributed by atoms with Crippen molar-refractivity contribution in [3.63, 3.8) is 0 Å². The molecule has 0 unspecified atom stereocenters. The minimum absolute atomic E-state index is 0.301. The first kappa shape index (κ1) is 12.0. The smallest absolute Gasteiger partial charge is 0.147 e. The Morgan fingerprint density at radius 3 is 3.00 bits per heavy atom. The van der Waals surface area contributed by atoms with Gasteiger partial charge in [-0.3, -0.25) is 0 Å². The minimum Gasteiger partial charge on any atom is -0.487 e. The highest BCUT2D eigenvalue weighted by atomic mass is 16.5. The maximum Gasteiger partial charge on any atom is 0.147 e. The van der Waals surface area contributed by atoms with Crippen LogP contribution in [0.1, 0.15) is 5.82 Å². The first-order valence-corrected chi connectivity index (χ1v) is 5.34. The molecule has 0 aliphatic carbocycles. The lowest BCUT2D eigenvalue weighted by molar-refractivity contribution is 0.361. The quantitative estimate of drug-likeness (QED) is 0.598. The van der Waals surface area contributed by atoms with Gasteiger partial charge in [-0.25, -0.2) is 9.67 Å². The van der Waals surface area contributed by atoms with Crippen LogP contribution in [-0.4, -0.2) is 21.4 Å². The van der Waals surface area contributed by atoms with E-state index in [2.05, 4.69) is 21.8 Å². The fourth-order valence-electron chi connectivity index (χ4n) is 1.53. The highest BCUT2D eigenvalue weighted by Gasteiger charge is 2.10. The molecule has 92 valence electrons. The molecule has 1 aromatic carbocycles. The number of hydrogen-bond acceptors (Lipinski definition) is 5. The molecule has 0 aliphatic heterocycles. The number of ether oxygens (including phenoxy) is 1. The zero-order valence-corrected chi connectivity index (χ0v) is 9.91. The molecular weight excluding hydrogens is 232 g/mol. The molecule has 0 saturated carbocycles. The van der Waals surface area contributed by atoms with Crippen molar-refractivity contribution >= 4 is 5.69 Å². The zero-order chi connectivity index (χ0) is 13.0. The first-order chi connectivity index (χ1) is 8.76. The molecule has 0 N–H and O–H groups in total. The van der Waals surface area contributed by atoms with E-state index in [1.54, 1.807) is 29.0 Å². The van der Waals surface area contributed by atoms with Gasteiger partial charge in [-0.1, -0.05) is 12.7 Å². The van der Waals surface area contributed by atoms with Crippen molar-refractivity contribution in [3.05, 3.63) is 47.9 Å². The van der Waals surface area contributed by atoms with E-state index < -0.39 is 0 Å². The zero-order valence-electron chi connectivity index (χ0n) is 9.91. The first-order valence-electron chi connectivity index (χ1n) is 5.34. The molecule has 2 rings (SSSR count). The summed E-state index contributed by atoms with van der Waals surface area (Å²) in [5.74, 6) is 1.24. The second kappa shape index (κ2) is 5.22. The molecule has 0 amide bonds. The van der Waals surface area contributed by atoms with E-state index in [0.29, 0.717) is 23.7 Å². The summed E-state index contributed by atoms with van der Waals surface area (Å²) in [6.45, 7) is 5.75. The minimum atomic E-state index is 0.301. The molecule has 6 nitrogen and oxygen atoms in total. The lowest BCUT2D eigenvalue weighted by Gasteiger charge is -2.11. The summed E-state index contributed by atoms with van der Waals surface area (Å²) in [5, 5.41) is 6.98. The molecule has 0 spiro atoms. The van der Waals surface area contributed by atoms with E-state index in [-0.39, 0.29) is 0 Å². The van der Waals surface area contributed by atoms with Crippen molar-refractivity contribution < 1.29 is 4.74 Å². The molecule has 0 aliphatic rings. The lowest BCUT2D eigenvalue weighted by atomic mass is 10.2. The summed E-state index contributed by atoms with van der Waals surface area (Å²) in [6, 6.07) is 4.88. The summed E-state index contributed by atoms with van der Waals surface area (Å²) in [6.07, 6.45) is 3.08. The van der Waals surface area contributed by atoms with Gasteiger partial charge in [-0.05, 0) is 24.2 Å². The maximum atomic E-state index is 10.5. The predicted octanol–water partition coefficient (Wildman–Crippen LogP) is 2.54. The number of benzene rings is 1. The molecule has 0 radical (unpaired) electrons. The fourth-order valence-corrected chi connectivity index (χ4v) is 1.53. The molecule has 0 atom stereocenters. The highest BCUT2D eigenvalue weighted by molar-refractivity contribution is 5.55. The molecule has 6 heteroatoms. The molecule has 1 aromatic heterocycles. The Labute approximate surface area is 104 Å². The van der Waals surface area contributed by atoms with Gasteiger partial charge < -0.3 is 4.74 Å². The second-order valence-electron chi connectivity index (χ2n) is 3.56. The number of nitrogens with zero attached hydrogens (tertiary/aromatic N) is 4. The lowest BCUT2D eigenvalue weighted by Crippen LogP contribution is -2.03. The Hall–Kier alpha value is -2.50. The molecule has 0 saturated heterocycles. The molecule has 0 bridgehead atoms. The van der Waals surface area contributed by atoms with Gasteiger partial charge in [0, 0.05) is 6.07 Å². The summed E-state index contributed by atoms with van der Waals surface area (Å²) >= 11 is 0.